The van der Waals surface area contributed by atoms with Crippen LogP contribution in [0.3, 0.4) is 0 Å². The lowest BCUT2D eigenvalue weighted by atomic mass is 10.2. The second kappa shape index (κ2) is 3.52. The third kappa shape index (κ3) is 1.55. The van der Waals surface area contributed by atoms with Crippen molar-refractivity contribution in [3.63, 3.8) is 0 Å². The van der Waals surface area contributed by atoms with E-state index in [0.717, 1.165) is 12.8 Å². The fraction of sp³-hybridized carbons (Fsp3) is 0.556. The first-order valence-corrected chi connectivity index (χ1v) is 4.22. The summed E-state index contributed by atoms with van der Waals surface area (Å²) in [4.78, 5) is 23.5. The van der Waals surface area contributed by atoms with Crippen LogP contribution in [0.15, 0.2) is 12.2 Å². The minimum absolute atomic E-state index is 0.0324. The first-order chi connectivity index (χ1) is 5.66. The molecule has 3 nitrogen and oxygen atoms in total. The molecule has 0 bridgehead atoms. The van der Waals surface area contributed by atoms with Crippen molar-refractivity contribution in [1.82, 2.24) is 4.90 Å². The summed E-state index contributed by atoms with van der Waals surface area (Å²) < 4.78 is 0. The average molecular weight is 167 g/mol. The number of carbonyl (C=O) groups excluding carboxylic acids is 2. The van der Waals surface area contributed by atoms with Crippen molar-refractivity contribution >= 4 is 11.8 Å². The van der Waals surface area contributed by atoms with E-state index in [1.807, 2.05) is 13.8 Å². The SMILES string of the molecule is CCC[C@H](C)N1C(=O)C=CC1=O. The largest absolute Gasteiger partial charge is 0.273 e. The summed E-state index contributed by atoms with van der Waals surface area (Å²) in [5.74, 6) is -0.359. The van der Waals surface area contributed by atoms with Crippen molar-refractivity contribution in [1.29, 1.82) is 0 Å². The molecule has 0 aliphatic carbocycles. The average Bonchev–Trinajstić information content (AvgIpc) is 2.32. The maximum absolute atomic E-state index is 11.1. The Morgan fingerprint density at radius 2 is 1.83 bits per heavy atom. The van der Waals surface area contributed by atoms with Crippen molar-refractivity contribution in [3.05, 3.63) is 12.2 Å². The summed E-state index contributed by atoms with van der Waals surface area (Å²) in [5, 5.41) is 0. The fourth-order valence-electron chi connectivity index (χ4n) is 1.39. The van der Waals surface area contributed by atoms with Gasteiger partial charge in [0.15, 0.2) is 0 Å². The van der Waals surface area contributed by atoms with Crippen LogP contribution >= 0.6 is 0 Å². The number of rotatable bonds is 3. The molecule has 0 aromatic rings. The smallest absolute Gasteiger partial charge is 0.253 e. The number of nitrogens with zero attached hydrogens (tertiary/aromatic N) is 1. The monoisotopic (exact) mass is 167 g/mol. The predicted octanol–water partition coefficient (Wildman–Crippen LogP) is 1.10. The molecule has 66 valence electrons. The molecule has 0 unspecified atom stereocenters. The maximum Gasteiger partial charge on any atom is 0.253 e. The van der Waals surface area contributed by atoms with E-state index in [9.17, 15) is 9.59 Å². The minimum Gasteiger partial charge on any atom is -0.273 e. The van der Waals surface area contributed by atoms with Crippen LogP contribution in [0, 0.1) is 0 Å². The summed E-state index contributed by atoms with van der Waals surface area (Å²) >= 11 is 0. The summed E-state index contributed by atoms with van der Waals surface area (Å²) in [7, 11) is 0. The first kappa shape index (κ1) is 8.97. The van der Waals surface area contributed by atoms with E-state index in [4.69, 9.17) is 0 Å². The molecule has 0 aromatic heterocycles. The lowest BCUT2D eigenvalue weighted by molar-refractivity contribution is -0.139. The Balaban J connectivity index is 2.63. The van der Waals surface area contributed by atoms with Crippen LogP contribution < -0.4 is 0 Å². The number of imide groups is 1. The second-order valence-corrected chi connectivity index (χ2v) is 3.02. The Hall–Kier alpha value is -1.12. The molecule has 1 atom stereocenters. The number of carbonyl (C=O) groups is 2. The molecule has 0 spiro atoms. The van der Waals surface area contributed by atoms with Crippen molar-refractivity contribution in [2.24, 2.45) is 0 Å². The van der Waals surface area contributed by atoms with Crippen LogP contribution in [0.4, 0.5) is 0 Å². The molecule has 0 fully saturated rings. The molecule has 1 aliphatic rings. The first-order valence-electron chi connectivity index (χ1n) is 4.22. The fourth-order valence-corrected chi connectivity index (χ4v) is 1.39. The molecule has 1 heterocycles. The minimum atomic E-state index is -0.180. The van der Waals surface area contributed by atoms with Crippen LogP contribution in [0.5, 0.6) is 0 Å². The lowest BCUT2D eigenvalue weighted by Crippen LogP contribution is -2.37. The van der Waals surface area contributed by atoms with Gasteiger partial charge in [-0.1, -0.05) is 13.3 Å². The van der Waals surface area contributed by atoms with Crippen LogP contribution in [0.25, 0.3) is 0 Å². The van der Waals surface area contributed by atoms with Gasteiger partial charge in [-0.3, -0.25) is 14.5 Å². The molecule has 1 aliphatic heterocycles. The van der Waals surface area contributed by atoms with E-state index in [0.29, 0.717) is 0 Å². The Labute approximate surface area is 72.0 Å². The van der Waals surface area contributed by atoms with E-state index < -0.39 is 0 Å². The van der Waals surface area contributed by atoms with Gasteiger partial charge in [0.25, 0.3) is 11.8 Å². The van der Waals surface area contributed by atoms with Crippen molar-refractivity contribution in [2.45, 2.75) is 32.7 Å². The third-order valence-electron chi connectivity index (χ3n) is 1.99. The third-order valence-corrected chi connectivity index (χ3v) is 1.99. The predicted molar refractivity (Wildman–Crippen MR) is 45.4 cm³/mol. The van der Waals surface area contributed by atoms with E-state index in [-0.39, 0.29) is 17.9 Å². The number of hydrogen-bond acceptors (Lipinski definition) is 2. The Kier molecular flexibility index (Phi) is 2.63. The van der Waals surface area contributed by atoms with Gasteiger partial charge in [-0.25, -0.2) is 0 Å². The lowest BCUT2D eigenvalue weighted by Gasteiger charge is -2.21. The van der Waals surface area contributed by atoms with Gasteiger partial charge in [-0.05, 0) is 13.3 Å². The van der Waals surface area contributed by atoms with Crippen LogP contribution in [-0.2, 0) is 9.59 Å². The van der Waals surface area contributed by atoms with Gasteiger partial charge in [0, 0.05) is 18.2 Å². The zero-order chi connectivity index (χ0) is 9.14. The Morgan fingerprint density at radius 1 is 1.33 bits per heavy atom. The topological polar surface area (TPSA) is 37.4 Å². The van der Waals surface area contributed by atoms with Gasteiger partial charge in [-0.2, -0.15) is 0 Å². The highest BCUT2D eigenvalue weighted by Gasteiger charge is 2.27. The molecule has 3 heteroatoms. The van der Waals surface area contributed by atoms with Crippen LogP contribution in [0.2, 0.25) is 0 Å². The van der Waals surface area contributed by atoms with Gasteiger partial charge in [0.05, 0.1) is 0 Å². The Morgan fingerprint density at radius 3 is 2.25 bits per heavy atom. The number of hydrogen-bond donors (Lipinski definition) is 0. The highest BCUT2D eigenvalue weighted by Crippen LogP contribution is 2.12. The molecule has 0 saturated carbocycles. The molecular formula is C9H13NO2. The van der Waals surface area contributed by atoms with Gasteiger partial charge >= 0.3 is 0 Å². The maximum atomic E-state index is 11.1. The summed E-state index contributed by atoms with van der Waals surface area (Å²) in [6, 6.07) is 0.0324. The normalized spacial score (nSPS) is 19.0. The van der Waals surface area contributed by atoms with Crippen LogP contribution in [-0.4, -0.2) is 22.8 Å². The van der Waals surface area contributed by atoms with Gasteiger partial charge < -0.3 is 0 Å². The molecule has 0 N–H and O–H groups in total. The summed E-state index contributed by atoms with van der Waals surface area (Å²) in [6.45, 7) is 3.93. The zero-order valence-corrected chi connectivity index (χ0v) is 7.41. The van der Waals surface area contributed by atoms with E-state index in [1.165, 1.54) is 17.1 Å². The molecule has 12 heavy (non-hydrogen) atoms. The molecule has 2 amide bonds. The van der Waals surface area contributed by atoms with Crippen molar-refractivity contribution < 1.29 is 9.59 Å². The number of amides is 2. The van der Waals surface area contributed by atoms with Gasteiger partial charge in [0.1, 0.15) is 0 Å². The van der Waals surface area contributed by atoms with E-state index in [2.05, 4.69) is 0 Å². The summed E-state index contributed by atoms with van der Waals surface area (Å²) in [6.07, 6.45) is 4.51. The van der Waals surface area contributed by atoms with Crippen LogP contribution in [0.1, 0.15) is 26.7 Å². The van der Waals surface area contributed by atoms with Gasteiger partial charge in [-0.15, -0.1) is 0 Å². The molecular weight excluding hydrogens is 154 g/mol. The highest BCUT2D eigenvalue weighted by molar-refractivity contribution is 6.13. The van der Waals surface area contributed by atoms with E-state index >= 15 is 0 Å². The molecule has 1 rings (SSSR count). The van der Waals surface area contributed by atoms with Crippen molar-refractivity contribution in [3.8, 4) is 0 Å². The van der Waals surface area contributed by atoms with Gasteiger partial charge in [0.2, 0.25) is 0 Å². The van der Waals surface area contributed by atoms with Crippen molar-refractivity contribution in [2.75, 3.05) is 0 Å². The van der Waals surface area contributed by atoms with E-state index in [1.54, 1.807) is 0 Å². The Bertz CT molecular complexity index is 215. The second-order valence-electron chi connectivity index (χ2n) is 3.02. The zero-order valence-electron chi connectivity index (χ0n) is 7.41. The summed E-state index contributed by atoms with van der Waals surface area (Å²) in [5.41, 5.74) is 0. The quantitative estimate of drug-likeness (QED) is 0.590. The standard InChI is InChI=1S/C9H13NO2/c1-3-4-7(2)10-8(11)5-6-9(10)12/h5-7H,3-4H2,1-2H3/t7-/m0/s1. The molecule has 0 saturated heterocycles. The highest BCUT2D eigenvalue weighted by atomic mass is 16.2. The molecule has 0 radical (unpaired) electrons. The molecule has 0 aromatic carbocycles.